The van der Waals surface area contributed by atoms with Crippen molar-refractivity contribution in [2.45, 2.75) is 6.54 Å². The van der Waals surface area contributed by atoms with Gasteiger partial charge in [-0.25, -0.2) is 4.99 Å². The third kappa shape index (κ3) is 3.28. The van der Waals surface area contributed by atoms with Crippen molar-refractivity contribution >= 4 is 41.6 Å². The molecular formula is C20H14N2O5S2. The van der Waals surface area contributed by atoms with Gasteiger partial charge in [0.25, 0.3) is 5.91 Å². The van der Waals surface area contributed by atoms with Gasteiger partial charge in [-0.2, -0.15) is 0 Å². The number of hydrogen-bond donors (Lipinski definition) is 1. The molecule has 0 aliphatic carbocycles. The Bertz CT molecular complexity index is 1330. The van der Waals surface area contributed by atoms with E-state index in [0.717, 1.165) is 5.22 Å². The van der Waals surface area contributed by atoms with Gasteiger partial charge in [0.2, 0.25) is 5.88 Å². The van der Waals surface area contributed by atoms with Crippen molar-refractivity contribution in [2.24, 2.45) is 4.99 Å². The van der Waals surface area contributed by atoms with Gasteiger partial charge in [0.1, 0.15) is 19.0 Å². The van der Waals surface area contributed by atoms with Gasteiger partial charge in [0, 0.05) is 16.9 Å². The molecule has 0 saturated heterocycles. The second-order valence-electron chi connectivity index (χ2n) is 6.44. The van der Waals surface area contributed by atoms with Gasteiger partial charge < -0.3 is 19.0 Å². The second-order valence-corrected chi connectivity index (χ2v) is 8.11. The third-order valence-electron chi connectivity index (χ3n) is 4.55. The van der Waals surface area contributed by atoms with Gasteiger partial charge in [-0.15, -0.1) is 11.3 Å². The van der Waals surface area contributed by atoms with Crippen molar-refractivity contribution in [1.29, 1.82) is 0 Å². The molecule has 7 nitrogen and oxygen atoms in total. The minimum atomic E-state index is -0.398. The molecule has 4 heterocycles. The summed E-state index contributed by atoms with van der Waals surface area (Å²) in [5, 5.41) is 11.9. The van der Waals surface area contributed by atoms with Crippen molar-refractivity contribution in [3.8, 4) is 17.4 Å². The normalized spacial score (nSPS) is 16.3. The molecule has 0 bridgehead atoms. The third-order valence-corrected chi connectivity index (χ3v) is 5.93. The van der Waals surface area contributed by atoms with E-state index in [1.165, 1.54) is 11.3 Å². The molecule has 0 spiro atoms. The number of aromatic nitrogens is 1. The molecule has 146 valence electrons. The number of hydrogen-bond acceptors (Lipinski definition) is 7. The van der Waals surface area contributed by atoms with Crippen LogP contribution in [0, 0.1) is 3.95 Å². The van der Waals surface area contributed by atoms with Crippen LogP contribution < -0.4 is 20.0 Å². The zero-order valence-electron chi connectivity index (χ0n) is 15.0. The molecule has 9 heteroatoms. The van der Waals surface area contributed by atoms with E-state index in [4.69, 9.17) is 26.1 Å². The van der Waals surface area contributed by atoms with Crippen molar-refractivity contribution in [3.05, 3.63) is 61.3 Å². The Balaban J connectivity index is 1.56. The van der Waals surface area contributed by atoms with Crippen LogP contribution in [0.1, 0.15) is 10.6 Å². The fraction of sp³-hybridized carbons (Fsp3) is 0.150. The minimum absolute atomic E-state index is 0.0157. The van der Waals surface area contributed by atoms with Crippen LogP contribution in [0.3, 0.4) is 0 Å². The summed E-state index contributed by atoms with van der Waals surface area (Å²) in [6, 6.07) is 7.08. The van der Waals surface area contributed by atoms with Gasteiger partial charge >= 0.3 is 0 Å². The summed E-state index contributed by atoms with van der Waals surface area (Å²) in [6.07, 6.45) is 4.88. The Kier molecular flexibility index (Phi) is 4.33. The number of fused-ring (bicyclic) bond motifs is 2. The van der Waals surface area contributed by atoms with Crippen LogP contribution in [-0.2, 0) is 11.3 Å². The van der Waals surface area contributed by atoms with E-state index in [9.17, 15) is 9.90 Å². The summed E-state index contributed by atoms with van der Waals surface area (Å²) < 4.78 is 18.5. The van der Waals surface area contributed by atoms with Crippen LogP contribution in [0.4, 0.5) is 0 Å². The number of thiazole rings is 1. The van der Waals surface area contributed by atoms with Gasteiger partial charge in [-0.1, -0.05) is 0 Å². The lowest BCUT2D eigenvalue weighted by atomic mass is 10.1. The standard InChI is InChI=1S/C20H14N2O5S2/c23-18-12(6-11-7-15-16(9-14(11)21-18)27-5-4-26-15)8-17-19(24)22(20(28)29-17)10-13-2-1-3-25-13/h1-3,6-9,24H,4-5,10H2/b12-8+. The lowest BCUT2D eigenvalue weighted by Gasteiger charge is -2.18. The van der Waals surface area contributed by atoms with E-state index in [1.54, 1.807) is 47.2 Å². The number of carbonyl (C=O) groups excluding carboxylic acids is 1. The lowest BCUT2D eigenvalue weighted by molar-refractivity contribution is -0.114. The molecule has 1 aromatic carbocycles. The highest BCUT2D eigenvalue weighted by molar-refractivity contribution is 7.73. The van der Waals surface area contributed by atoms with Crippen LogP contribution in [0.25, 0.3) is 12.2 Å². The first-order valence-corrected chi connectivity index (χ1v) is 10.0. The SMILES string of the molecule is O=C1N=c2cc3c(cc2=C/C1=C\c1sc(=S)n(Cc2ccco2)c1O)OCCO3. The van der Waals surface area contributed by atoms with E-state index in [2.05, 4.69) is 4.99 Å². The van der Waals surface area contributed by atoms with Crippen molar-refractivity contribution in [1.82, 2.24) is 4.57 Å². The zero-order valence-corrected chi connectivity index (χ0v) is 16.6. The number of carbonyl (C=O) groups is 1. The summed E-state index contributed by atoms with van der Waals surface area (Å²) in [6.45, 7) is 1.25. The van der Waals surface area contributed by atoms with Crippen LogP contribution in [0.15, 0.2) is 45.5 Å². The van der Waals surface area contributed by atoms with Crippen molar-refractivity contribution < 1.29 is 23.8 Å². The first-order chi connectivity index (χ1) is 14.1. The number of furan rings is 1. The molecule has 2 aromatic heterocycles. The molecule has 0 fully saturated rings. The first-order valence-electron chi connectivity index (χ1n) is 8.79. The van der Waals surface area contributed by atoms with E-state index in [-0.39, 0.29) is 5.88 Å². The number of nitrogens with zero attached hydrogens (tertiary/aromatic N) is 2. The van der Waals surface area contributed by atoms with Crippen LogP contribution in [-0.4, -0.2) is 28.8 Å². The van der Waals surface area contributed by atoms with E-state index in [0.29, 0.717) is 56.8 Å². The fourth-order valence-electron chi connectivity index (χ4n) is 3.16. The van der Waals surface area contributed by atoms with Gasteiger partial charge in [0.15, 0.2) is 15.5 Å². The zero-order chi connectivity index (χ0) is 20.0. The average molecular weight is 426 g/mol. The first kappa shape index (κ1) is 17.9. The molecule has 0 saturated carbocycles. The predicted octanol–water partition coefficient (Wildman–Crippen LogP) is 2.42. The smallest absolute Gasteiger partial charge is 0.277 e. The van der Waals surface area contributed by atoms with Gasteiger partial charge in [0.05, 0.1) is 23.0 Å². The highest BCUT2D eigenvalue weighted by atomic mass is 32.1. The highest BCUT2D eigenvalue weighted by Gasteiger charge is 2.18. The summed E-state index contributed by atoms with van der Waals surface area (Å²) in [7, 11) is 0. The Labute approximate surface area is 173 Å². The Hall–Kier alpha value is -3.17. The number of ether oxygens (including phenoxy) is 2. The highest BCUT2D eigenvalue weighted by Crippen LogP contribution is 2.30. The van der Waals surface area contributed by atoms with Crippen LogP contribution in [0.2, 0.25) is 0 Å². The van der Waals surface area contributed by atoms with E-state index < -0.39 is 5.91 Å². The molecule has 0 atom stereocenters. The topological polar surface area (TPSA) is 86.2 Å². The lowest BCUT2D eigenvalue weighted by Crippen LogP contribution is -2.32. The molecule has 1 N–H and O–H groups in total. The summed E-state index contributed by atoms with van der Waals surface area (Å²) in [5.41, 5.74) is 0.353. The summed E-state index contributed by atoms with van der Waals surface area (Å²) in [5.74, 6) is 1.46. The Morgan fingerprint density at radius 1 is 1.28 bits per heavy atom. The molecule has 2 aliphatic rings. The Morgan fingerprint density at radius 3 is 2.83 bits per heavy atom. The summed E-state index contributed by atoms with van der Waals surface area (Å²) in [4.78, 5) is 17.2. The maximum atomic E-state index is 12.5. The number of rotatable bonds is 3. The Morgan fingerprint density at radius 2 is 2.07 bits per heavy atom. The van der Waals surface area contributed by atoms with Crippen molar-refractivity contribution in [3.63, 3.8) is 0 Å². The van der Waals surface area contributed by atoms with Gasteiger partial charge in [-0.3, -0.25) is 9.36 Å². The molecular weight excluding hydrogens is 412 g/mol. The second kappa shape index (κ2) is 7.02. The molecule has 5 rings (SSSR count). The molecule has 0 unspecified atom stereocenters. The molecule has 0 radical (unpaired) electrons. The number of benzene rings is 1. The summed E-state index contributed by atoms with van der Waals surface area (Å²) >= 11 is 6.58. The number of aromatic hydroxyl groups is 1. The molecule has 2 aliphatic heterocycles. The van der Waals surface area contributed by atoms with E-state index >= 15 is 0 Å². The largest absolute Gasteiger partial charge is 0.493 e. The van der Waals surface area contributed by atoms with Gasteiger partial charge in [-0.05, 0) is 42.6 Å². The molecule has 1 amide bonds. The maximum Gasteiger partial charge on any atom is 0.277 e. The quantitative estimate of drug-likeness (QED) is 0.511. The van der Waals surface area contributed by atoms with Crippen LogP contribution in [0.5, 0.6) is 17.4 Å². The minimum Gasteiger partial charge on any atom is -0.493 e. The average Bonchev–Trinajstić information content (AvgIpc) is 3.31. The maximum absolute atomic E-state index is 12.5. The predicted molar refractivity (Wildman–Crippen MR) is 108 cm³/mol. The van der Waals surface area contributed by atoms with E-state index in [1.807, 2.05) is 0 Å². The number of amides is 1. The fourth-order valence-corrected chi connectivity index (χ4v) is 4.42. The van der Waals surface area contributed by atoms with Crippen LogP contribution >= 0.6 is 23.6 Å². The monoisotopic (exact) mass is 426 g/mol. The molecule has 3 aromatic rings. The van der Waals surface area contributed by atoms with Crippen molar-refractivity contribution in [2.75, 3.05) is 13.2 Å². The molecule has 29 heavy (non-hydrogen) atoms.